The van der Waals surface area contributed by atoms with Gasteiger partial charge in [0.15, 0.2) is 11.0 Å². The number of rotatable bonds is 10. The van der Waals surface area contributed by atoms with E-state index in [-0.39, 0.29) is 29.8 Å². The Morgan fingerprint density at radius 1 is 1.24 bits per heavy atom. The highest BCUT2D eigenvalue weighted by molar-refractivity contribution is 9.10. The van der Waals surface area contributed by atoms with Crippen LogP contribution in [0.1, 0.15) is 21.7 Å². The summed E-state index contributed by atoms with van der Waals surface area (Å²) < 4.78 is 2.65. The van der Waals surface area contributed by atoms with E-state index in [0.717, 1.165) is 4.47 Å². The maximum atomic E-state index is 12.4. The number of hydrogen-bond donors (Lipinski definition) is 2. The second-order valence-corrected chi connectivity index (χ2v) is 8.94. The number of carbonyl (C=O) groups is 2. The number of carbonyl (C=O) groups excluding carboxylic acids is 2. The lowest BCUT2D eigenvalue weighted by molar-refractivity contribution is -0.384. The molecule has 3 rings (SSSR count). The van der Waals surface area contributed by atoms with Crippen LogP contribution in [0.4, 0.5) is 11.4 Å². The van der Waals surface area contributed by atoms with Crippen molar-refractivity contribution >= 4 is 50.9 Å². The molecule has 0 aliphatic rings. The number of halogens is 1. The second kappa shape index (κ2) is 11.6. The van der Waals surface area contributed by atoms with Gasteiger partial charge < -0.3 is 15.2 Å². The van der Waals surface area contributed by atoms with Gasteiger partial charge in [-0.1, -0.05) is 33.8 Å². The Morgan fingerprint density at radius 3 is 2.62 bits per heavy atom. The summed E-state index contributed by atoms with van der Waals surface area (Å²) in [6, 6.07) is 11.2. The summed E-state index contributed by atoms with van der Waals surface area (Å²) in [5.74, 6) is 0.0455. The number of anilines is 1. The van der Waals surface area contributed by atoms with Crippen LogP contribution in [-0.4, -0.2) is 37.3 Å². The lowest BCUT2D eigenvalue weighted by atomic mass is 10.2. The normalized spacial score (nSPS) is 10.5. The first-order valence-electron chi connectivity index (χ1n) is 10.0. The number of aryl methyl sites for hydroxylation is 1. The third-order valence-corrected chi connectivity index (χ3v) is 6.14. The minimum Gasteiger partial charge on any atom is -0.345 e. The predicted octanol–water partition coefficient (Wildman–Crippen LogP) is 4.10. The number of nitro benzene ring substituents is 1. The number of nitrogens with one attached hydrogen (secondary N) is 2. The fourth-order valence-corrected chi connectivity index (χ4v) is 3.98. The molecule has 0 saturated carbocycles. The zero-order chi connectivity index (χ0) is 24.7. The number of amides is 2. The summed E-state index contributed by atoms with van der Waals surface area (Å²) in [6.07, 6.45) is 1.67. The molecule has 2 aromatic carbocycles. The van der Waals surface area contributed by atoms with Gasteiger partial charge in [-0.25, -0.2) is 0 Å². The summed E-state index contributed by atoms with van der Waals surface area (Å²) in [4.78, 5) is 35.2. The first-order chi connectivity index (χ1) is 16.3. The van der Waals surface area contributed by atoms with Crippen LogP contribution >= 0.6 is 27.7 Å². The van der Waals surface area contributed by atoms with E-state index >= 15 is 0 Å². The monoisotopic (exact) mass is 544 g/mol. The fourth-order valence-electron chi connectivity index (χ4n) is 2.95. The molecule has 0 aliphatic carbocycles. The van der Waals surface area contributed by atoms with Crippen LogP contribution in [0.2, 0.25) is 0 Å². The van der Waals surface area contributed by atoms with E-state index in [2.05, 4.69) is 43.3 Å². The third-order valence-electron chi connectivity index (χ3n) is 4.65. The molecular formula is C22H21BrN6O4S. The number of aromatic nitrogens is 3. The van der Waals surface area contributed by atoms with Crippen molar-refractivity contribution in [2.45, 2.75) is 25.2 Å². The van der Waals surface area contributed by atoms with Gasteiger partial charge in [-0.3, -0.25) is 19.7 Å². The largest absolute Gasteiger partial charge is 0.345 e. The van der Waals surface area contributed by atoms with E-state index in [1.54, 1.807) is 41.8 Å². The van der Waals surface area contributed by atoms with Gasteiger partial charge in [-0.15, -0.1) is 16.8 Å². The maximum absolute atomic E-state index is 12.4. The molecule has 0 bridgehead atoms. The van der Waals surface area contributed by atoms with Crippen molar-refractivity contribution < 1.29 is 14.5 Å². The van der Waals surface area contributed by atoms with Gasteiger partial charge in [0.05, 0.1) is 17.2 Å². The summed E-state index contributed by atoms with van der Waals surface area (Å²) in [5.41, 5.74) is 1.57. The van der Waals surface area contributed by atoms with Crippen molar-refractivity contribution in [2.24, 2.45) is 0 Å². The first kappa shape index (κ1) is 25.1. The molecule has 2 amide bonds. The topological polar surface area (TPSA) is 132 Å². The number of benzene rings is 2. The van der Waals surface area contributed by atoms with Crippen LogP contribution in [0.3, 0.4) is 0 Å². The van der Waals surface area contributed by atoms with Crippen LogP contribution in [0, 0.1) is 17.0 Å². The fraction of sp³-hybridized carbons (Fsp3) is 0.182. The van der Waals surface area contributed by atoms with Crippen molar-refractivity contribution in [3.63, 3.8) is 0 Å². The highest BCUT2D eigenvalue weighted by atomic mass is 79.9. The Kier molecular flexibility index (Phi) is 8.55. The number of nitrogens with zero attached hydrogens (tertiary/aromatic N) is 4. The Hall–Kier alpha value is -3.51. The van der Waals surface area contributed by atoms with E-state index in [1.165, 1.54) is 30.0 Å². The van der Waals surface area contributed by atoms with Crippen molar-refractivity contribution in [3.05, 3.63) is 86.7 Å². The third kappa shape index (κ3) is 6.51. The molecule has 34 heavy (non-hydrogen) atoms. The SMILES string of the molecule is C=CCn1c(CNC(=O)c2ccc(Br)cc2)nnc1SCC(=O)Nc1ccc([N+](=O)[O-])cc1C. The van der Waals surface area contributed by atoms with E-state index in [4.69, 9.17) is 0 Å². The quantitative estimate of drug-likeness (QED) is 0.170. The van der Waals surface area contributed by atoms with Crippen molar-refractivity contribution in [3.8, 4) is 0 Å². The lowest BCUT2D eigenvalue weighted by Crippen LogP contribution is -2.24. The highest BCUT2D eigenvalue weighted by Crippen LogP contribution is 2.22. The van der Waals surface area contributed by atoms with Crippen LogP contribution in [0.15, 0.2) is 64.7 Å². The second-order valence-electron chi connectivity index (χ2n) is 7.08. The van der Waals surface area contributed by atoms with E-state index < -0.39 is 4.92 Å². The molecule has 12 heteroatoms. The van der Waals surface area contributed by atoms with Crippen LogP contribution < -0.4 is 10.6 Å². The number of nitro groups is 1. The van der Waals surface area contributed by atoms with Crippen LogP contribution in [0.5, 0.6) is 0 Å². The molecule has 0 radical (unpaired) electrons. The molecular weight excluding hydrogens is 524 g/mol. The number of thioether (sulfide) groups is 1. The molecule has 0 fully saturated rings. The predicted molar refractivity (Wildman–Crippen MR) is 133 cm³/mol. The zero-order valence-corrected chi connectivity index (χ0v) is 20.6. The zero-order valence-electron chi connectivity index (χ0n) is 18.2. The average molecular weight is 545 g/mol. The highest BCUT2D eigenvalue weighted by Gasteiger charge is 2.16. The van der Waals surface area contributed by atoms with Gasteiger partial charge in [0, 0.05) is 34.4 Å². The summed E-state index contributed by atoms with van der Waals surface area (Å²) in [5, 5.41) is 25.2. The minimum atomic E-state index is -0.486. The van der Waals surface area contributed by atoms with Gasteiger partial charge in [0.1, 0.15) is 0 Å². The van der Waals surface area contributed by atoms with Crippen LogP contribution in [-0.2, 0) is 17.9 Å². The molecule has 0 unspecified atom stereocenters. The molecule has 1 heterocycles. The molecule has 0 atom stereocenters. The van der Waals surface area contributed by atoms with E-state index in [0.29, 0.717) is 34.3 Å². The molecule has 2 N–H and O–H groups in total. The molecule has 0 aliphatic heterocycles. The molecule has 0 spiro atoms. The summed E-state index contributed by atoms with van der Waals surface area (Å²) >= 11 is 4.52. The number of non-ortho nitro benzene ring substituents is 1. The van der Waals surface area contributed by atoms with Gasteiger partial charge in [0.2, 0.25) is 5.91 Å². The molecule has 3 aromatic rings. The van der Waals surface area contributed by atoms with E-state index in [1.807, 2.05) is 0 Å². The average Bonchev–Trinajstić information content (AvgIpc) is 3.19. The van der Waals surface area contributed by atoms with Gasteiger partial charge in [-0.2, -0.15) is 0 Å². The van der Waals surface area contributed by atoms with Crippen molar-refractivity contribution in [1.29, 1.82) is 0 Å². The van der Waals surface area contributed by atoms with E-state index in [9.17, 15) is 19.7 Å². The summed E-state index contributed by atoms with van der Waals surface area (Å²) in [6.45, 7) is 5.99. The Balaban J connectivity index is 1.61. The van der Waals surface area contributed by atoms with Gasteiger partial charge in [-0.05, 0) is 42.8 Å². The molecule has 1 aromatic heterocycles. The van der Waals surface area contributed by atoms with Crippen molar-refractivity contribution in [1.82, 2.24) is 20.1 Å². The van der Waals surface area contributed by atoms with Crippen molar-refractivity contribution in [2.75, 3.05) is 11.1 Å². The molecule has 10 nitrogen and oxygen atoms in total. The minimum absolute atomic E-state index is 0.0397. The number of allylic oxidation sites excluding steroid dienone is 1. The smallest absolute Gasteiger partial charge is 0.269 e. The Bertz CT molecular complexity index is 1230. The maximum Gasteiger partial charge on any atom is 0.269 e. The van der Waals surface area contributed by atoms with Gasteiger partial charge >= 0.3 is 0 Å². The molecule has 0 saturated heterocycles. The number of hydrogen-bond acceptors (Lipinski definition) is 7. The molecule has 176 valence electrons. The first-order valence-corrected chi connectivity index (χ1v) is 11.8. The van der Waals surface area contributed by atoms with Gasteiger partial charge in [0.25, 0.3) is 11.6 Å². The lowest BCUT2D eigenvalue weighted by Gasteiger charge is -2.10. The summed E-state index contributed by atoms with van der Waals surface area (Å²) in [7, 11) is 0. The van der Waals surface area contributed by atoms with Crippen LogP contribution in [0.25, 0.3) is 0 Å². The Labute approximate surface area is 208 Å². The standard InChI is InChI=1S/C22H21BrN6O4S/c1-3-10-28-19(12-24-21(31)15-4-6-16(23)7-5-15)26-27-22(28)34-13-20(30)25-18-9-8-17(29(32)33)11-14(18)2/h3-9,11H,1,10,12-13H2,2H3,(H,24,31)(H,25,30). The Morgan fingerprint density at radius 2 is 1.97 bits per heavy atom.